The number of esters is 1. The average molecular weight is 460 g/mol. The van der Waals surface area contributed by atoms with E-state index >= 15 is 0 Å². The second-order valence-electron chi connectivity index (χ2n) is 7.25. The number of hydrogen-bond acceptors (Lipinski definition) is 7. The third-order valence-electron chi connectivity index (χ3n) is 5.06. The van der Waals surface area contributed by atoms with Gasteiger partial charge in [-0.2, -0.15) is 0 Å². The van der Waals surface area contributed by atoms with Crippen LogP contribution in [0.4, 0.5) is 5.69 Å². The molecular formula is C23H25NO7S. The zero-order valence-electron chi connectivity index (χ0n) is 18.2. The average Bonchev–Trinajstić information content (AvgIpc) is 2.79. The lowest BCUT2D eigenvalue weighted by Gasteiger charge is -2.29. The number of carbonyl (C=O) groups excluding carboxylic acids is 2. The monoisotopic (exact) mass is 459 g/mol. The van der Waals surface area contributed by atoms with Gasteiger partial charge in [0.25, 0.3) is 0 Å². The second-order valence-corrected chi connectivity index (χ2v) is 9.16. The molecule has 2 aromatic rings. The third kappa shape index (κ3) is 5.47. The molecule has 8 nitrogen and oxygen atoms in total. The summed E-state index contributed by atoms with van der Waals surface area (Å²) in [7, 11) is -0.321. The number of Topliss-reactive ketones (excluding diaryl/α,β-unsaturated/α-hetero) is 1. The van der Waals surface area contributed by atoms with Crippen molar-refractivity contribution >= 4 is 33.5 Å². The predicted octanol–water partition coefficient (Wildman–Crippen LogP) is 2.86. The van der Waals surface area contributed by atoms with E-state index in [1.807, 2.05) is 0 Å². The molecule has 0 aromatic heterocycles. The Morgan fingerprint density at radius 1 is 1.09 bits per heavy atom. The highest BCUT2D eigenvalue weighted by atomic mass is 32.2. The molecule has 0 bridgehead atoms. The molecule has 2 aromatic carbocycles. The maximum atomic E-state index is 12.5. The van der Waals surface area contributed by atoms with Crippen LogP contribution in [0.3, 0.4) is 0 Å². The van der Waals surface area contributed by atoms with E-state index in [0.29, 0.717) is 47.7 Å². The second kappa shape index (κ2) is 9.86. The normalized spacial score (nSPS) is 13.5. The van der Waals surface area contributed by atoms with Crippen molar-refractivity contribution in [2.45, 2.75) is 12.8 Å². The Balaban J connectivity index is 1.64. The topological polar surface area (TPSA) is 99.2 Å². The van der Waals surface area contributed by atoms with Crippen molar-refractivity contribution in [2.75, 3.05) is 37.9 Å². The number of methoxy groups -OCH3 is 2. The number of sulfonamides is 1. The van der Waals surface area contributed by atoms with Gasteiger partial charge in [-0.3, -0.25) is 9.10 Å². The van der Waals surface area contributed by atoms with Gasteiger partial charge in [-0.05, 0) is 54.8 Å². The van der Waals surface area contributed by atoms with E-state index in [1.54, 1.807) is 43.5 Å². The third-order valence-corrected chi connectivity index (χ3v) is 6.24. The van der Waals surface area contributed by atoms with Gasteiger partial charge in [0, 0.05) is 29.8 Å². The van der Waals surface area contributed by atoms with Crippen molar-refractivity contribution in [3.05, 3.63) is 59.2 Å². The Morgan fingerprint density at radius 3 is 2.56 bits per heavy atom. The summed E-state index contributed by atoms with van der Waals surface area (Å²) in [6.07, 6.45) is 5.26. The van der Waals surface area contributed by atoms with Crippen LogP contribution >= 0.6 is 0 Å². The van der Waals surface area contributed by atoms with Gasteiger partial charge in [0.05, 0.1) is 26.2 Å². The molecule has 1 aliphatic rings. The van der Waals surface area contributed by atoms with E-state index in [1.165, 1.54) is 23.6 Å². The van der Waals surface area contributed by atoms with Crippen molar-refractivity contribution < 1.29 is 32.2 Å². The molecule has 0 saturated heterocycles. The fourth-order valence-corrected chi connectivity index (χ4v) is 4.46. The van der Waals surface area contributed by atoms with Crippen LogP contribution in [0.15, 0.2) is 42.5 Å². The van der Waals surface area contributed by atoms with Crippen molar-refractivity contribution in [1.29, 1.82) is 0 Å². The zero-order chi connectivity index (χ0) is 23.3. The number of carbonyl (C=O) groups is 2. The summed E-state index contributed by atoms with van der Waals surface area (Å²) in [6, 6.07) is 10.0. The summed E-state index contributed by atoms with van der Waals surface area (Å²) >= 11 is 0. The highest BCUT2D eigenvalue weighted by Gasteiger charge is 2.24. The number of benzene rings is 2. The highest BCUT2D eigenvalue weighted by Crippen LogP contribution is 2.30. The molecule has 0 fully saturated rings. The van der Waals surface area contributed by atoms with Gasteiger partial charge in [-0.25, -0.2) is 13.2 Å². The summed E-state index contributed by atoms with van der Waals surface area (Å²) in [5.41, 5.74) is 2.39. The molecule has 170 valence electrons. The Hall–Kier alpha value is -3.33. The minimum Gasteiger partial charge on any atom is -0.497 e. The van der Waals surface area contributed by atoms with Gasteiger partial charge in [-0.15, -0.1) is 0 Å². The first kappa shape index (κ1) is 23.3. The molecular weight excluding hydrogens is 434 g/mol. The van der Waals surface area contributed by atoms with Crippen LogP contribution in [0, 0.1) is 0 Å². The molecule has 32 heavy (non-hydrogen) atoms. The van der Waals surface area contributed by atoms with E-state index in [2.05, 4.69) is 0 Å². The molecule has 1 heterocycles. The molecule has 0 radical (unpaired) electrons. The van der Waals surface area contributed by atoms with Crippen LogP contribution in [-0.2, 0) is 26.0 Å². The smallest absolute Gasteiger partial charge is 0.331 e. The van der Waals surface area contributed by atoms with Crippen LogP contribution in [-0.4, -0.2) is 53.8 Å². The quantitative estimate of drug-likeness (QED) is 0.340. The molecule has 1 aliphatic heterocycles. The van der Waals surface area contributed by atoms with E-state index in [4.69, 9.17) is 14.2 Å². The number of aryl methyl sites for hydroxylation is 1. The number of nitrogens with zero attached hydrogens (tertiary/aromatic N) is 1. The highest BCUT2D eigenvalue weighted by molar-refractivity contribution is 7.92. The SMILES string of the molecule is COc1ccc(/C=C/C(=O)OCC(=O)c2ccc3c(c2)CCCN3S(C)(=O)=O)c(OC)c1. The number of rotatable bonds is 8. The lowest BCUT2D eigenvalue weighted by molar-refractivity contribution is -0.136. The van der Waals surface area contributed by atoms with Gasteiger partial charge in [0.2, 0.25) is 10.0 Å². The van der Waals surface area contributed by atoms with Crippen LogP contribution in [0.5, 0.6) is 11.5 Å². The minimum atomic E-state index is -3.38. The summed E-state index contributed by atoms with van der Waals surface area (Å²) in [4.78, 5) is 24.6. The van der Waals surface area contributed by atoms with Gasteiger partial charge in [-0.1, -0.05) is 0 Å². The first-order valence-corrected chi connectivity index (χ1v) is 11.8. The summed E-state index contributed by atoms with van der Waals surface area (Å²) in [6.45, 7) is -0.000443. The van der Waals surface area contributed by atoms with Crippen LogP contribution in [0.25, 0.3) is 6.08 Å². The van der Waals surface area contributed by atoms with Crippen molar-refractivity contribution in [3.63, 3.8) is 0 Å². The van der Waals surface area contributed by atoms with Crippen molar-refractivity contribution in [3.8, 4) is 11.5 Å². The molecule has 0 amide bonds. The fraction of sp³-hybridized carbons (Fsp3) is 0.304. The summed E-state index contributed by atoms with van der Waals surface area (Å²) in [5, 5.41) is 0. The number of hydrogen-bond donors (Lipinski definition) is 0. The molecule has 0 aliphatic carbocycles. The molecule has 0 unspecified atom stereocenters. The van der Waals surface area contributed by atoms with Crippen molar-refractivity contribution in [2.24, 2.45) is 0 Å². The Labute approximate surface area is 187 Å². The van der Waals surface area contributed by atoms with Crippen LogP contribution in [0.2, 0.25) is 0 Å². The van der Waals surface area contributed by atoms with Gasteiger partial charge in [0.15, 0.2) is 12.4 Å². The van der Waals surface area contributed by atoms with Crippen molar-refractivity contribution in [1.82, 2.24) is 0 Å². The first-order chi connectivity index (χ1) is 15.2. The largest absolute Gasteiger partial charge is 0.497 e. The number of fused-ring (bicyclic) bond motifs is 1. The number of ketones is 1. The lowest BCUT2D eigenvalue weighted by Crippen LogP contribution is -2.34. The van der Waals surface area contributed by atoms with Gasteiger partial charge in [0.1, 0.15) is 11.5 Å². The Kier molecular flexibility index (Phi) is 7.19. The molecule has 0 spiro atoms. The summed E-state index contributed by atoms with van der Waals surface area (Å²) < 4.78 is 40.7. The zero-order valence-corrected chi connectivity index (χ0v) is 19.0. The van der Waals surface area contributed by atoms with Crippen LogP contribution in [0.1, 0.15) is 27.9 Å². The molecule has 3 rings (SSSR count). The molecule has 0 N–H and O–H groups in total. The Morgan fingerprint density at radius 2 is 1.88 bits per heavy atom. The minimum absolute atomic E-state index is 0.368. The standard InChI is InChI=1S/C23H25NO7S/c1-29-19-9-6-16(22(14-19)30-2)8-11-23(26)31-15-21(25)18-7-10-20-17(13-18)5-4-12-24(20)32(3,27)28/h6-11,13-14H,4-5,12,15H2,1-3H3/b11-8+. The van der Waals surface area contributed by atoms with E-state index in [-0.39, 0.29) is 5.78 Å². The molecule has 0 saturated carbocycles. The van der Waals surface area contributed by atoms with E-state index in [9.17, 15) is 18.0 Å². The van der Waals surface area contributed by atoms with Gasteiger partial charge >= 0.3 is 5.97 Å². The van der Waals surface area contributed by atoms with E-state index < -0.39 is 22.6 Å². The maximum Gasteiger partial charge on any atom is 0.331 e. The number of ether oxygens (including phenoxy) is 3. The predicted molar refractivity (Wildman–Crippen MR) is 121 cm³/mol. The number of anilines is 1. The maximum absolute atomic E-state index is 12.5. The summed E-state index contributed by atoms with van der Waals surface area (Å²) in [5.74, 6) is 0.115. The first-order valence-electron chi connectivity index (χ1n) is 9.93. The lowest BCUT2D eigenvalue weighted by atomic mass is 9.99. The Bertz CT molecular complexity index is 1150. The van der Waals surface area contributed by atoms with Gasteiger partial charge < -0.3 is 14.2 Å². The van der Waals surface area contributed by atoms with Crippen LogP contribution < -0.4 is 13.8 Å². The fourth-order valence-electron chi connectivity index (χ4n) is 3.46. The molecule has 0 atom stereocenters. The molecule has 9 heteroatoms. The van der Waals surface area contributed by atoms with E-state index in [0.717, 1.165) is 11.8 Å².